The fraction of sp³-hybridized carbons (Fsp3) is 0.475. The minimum Gasteiger partial charge on any atom is -0.453 e. The lowest BCUT2D eigenvalue weighted by Crippen LogP contribution is -2.51. The summed E-state index contributed by atoms with van der Waals surface area (Å²) in [6, 6.07) is 6.27. The van der Waals surface area contributed by atoms with Gasteiger partial charge < -0.3 is 34.6 Å². The van der Waals surface area contributed by atoms with Crippen molar-refractivity contribution in [2.24, 2.45) is 28.7 Å². The number of ether oxygens (including phenoxy) is 2. The summed E-state index contributed by atoms with van der Waals surface area (Å²) in [5, 5.41) is 2.68. The lowest BCUT2D eigenvalue weighted by Gasteiger charge is -2.30. The Balaban J connectivity index is 1.24. The van der Waals surface area contributed by atoms with Crippen LogP contribution in [-0.4, -0.2) is 92.8 Å². The van der Waals surface area contributed by atoms with Gasteiger partial charge in [0.1, 0.15) is 34.8 Å². The van der Waals surface area contributed by atoms with Crippen molar-refractivity contribution in [1.29, 1.82) is 0 Å². The average molecular weight is 737 g/mol. The highest BCUT2D eigenvalue weighted by Gasteiger charge is 2.40. The van der Waals surface area contributed by atoms with Crippen LogP contribution in [0.2, 0.25) is 0 Å². The van der Waals surface area contributed by atoms with Gasteiger partial charge >= 0.3 is 12.2 Å². The Morgan fingerprint density at radius 3 is 1.76 bits per heavy atom. The summed E-state index contributed by atoms with van der Waals surface area (Å²) in [7, 11) is 2.51. The molecule has 5 atom stereocenters. The molecule has 4 heterocycles. The molecule has 2 fully saturated rings. The normalized spacial score (nSPS) is 20.2. The highest BCUT2D eigenvalue weighted by Crippen LogP contribution is 2.36. The van der Waals surface area contributed by atoms with Gasteiger partial charge in [-0.25, -0.2) is 19.6 Å². The number of alkyl carbamates (subject to hydrolysis) is 1. The number of imidazole rings is 2. The minimum atomic E-state index is -0.802. The van der Waals surface area contributed by atoms with E-state index in [9.17, 15) is 19.2 Å². The van der Waals surface area contributed by atoms with Gasteiger partial charge in [-0.2, -0.15) is 4.99 Å². The lowest BCUT2D eigenvalue weighted by atomic mass is 10.0. The molecule has 2 aliphatic rings. The van der Waals surface area contributed by atoms with Crippen molar-refractivity contribution < 1.29 is 28.7 Å². The zero-order chi connectivity index (χ0) is 39.1. The minimum absolute atomic E-state index is 0.126. The summed E-state index contributed by atoms with van der Waals surface area (Å²) < 4.78 is 9.41. The summed E-state index contributed by atoms with van der Waals surface area (Å²) in [6.07, 6.45) is 3.33. The van der Waals surface area contributed by atoms with Gasteiger partial charge in [-0.3, -0.25) is 9.59 Å². The third kappa shape index (κ3) is 9.36. The van der Waals surface area contributed by atoms with Gasteiger partial charge in [0.05, 0.1) is 38.7 Å². The van der Waals surface area contributed by atoms with E-state index in [4.69, 9.17) is 4.74 Å². The van der Waals surface area contributed by atoms with Crippen LogP contribution in [0.25, 0.3) is 0 Å². The number of benzene rings is 1. The molecule has 1 aromatic carbocycles. The Morgan fingerprint density at radius 2 is 1.30 bits per heavy atom. The molecule has 3 aromatic rings. The number of carbonyl (C=O) groups excluding carboxylic acids is 4. The lowest BCUT2D eigenvalue weighted by molar-refractivity contribution is -0.135. The van der Waals surface area contributed by atoms with E-state index >= 15 is 0 Å². The van der Waals surface area contributed by atoms with Crippen LogP contribution in [0.1, 0.15) is 101 Å². The third-order valence-corrected chi connectivity index (χ3v) is 9.50. The molecule has 1 unspecified atom stereocenters. The zero-order valence-corrected chi connectivity index (χ0v) is 32.0. The standard InChI is InChI=1S/C40H48N8O6/c1-23(2)33(45-39(51)53-7)37(49)47-21-25(5)17-31(47)35-41-19-29(43-35)15-13-27-9-11-28(12-10-27)14-16-30-20-42-36(44-30)32-18-26(6)22-48(32)38(50)34(24(3)4)46-40(52)54-8/h9-12,19-20,23-26,31-33H,17-18,21-22H2,1-8H3,(H,41,43)(H,42,44)(H,45,51)/b46-34+/t25?,26-,31+,32+,33+/m1/s1. The van der Waals surface area contributed by atoms with E-state index in [1.807, 2.05) is 52.0 Å². The monoisotopic (exact) mass is 736 g/mol. The molecule has 0 spiro atoms. The summed E-state index contributed by atoms with van der Waals surface area (Å²) >= 11 is 0. The van der Waals surface area contributed by atoms with E-state index in [-0.39, 0.29) is 53.3 Å². The molecule has 2 aliphatic heterocycles. The highest BCUT2D eigenvalue weighted by molar-refractivity contribution is 6.40. The van der Waals surface area contributed by atoms with Gasteiger partial charge in [-0.05, 0) is 66.7 Å². The van der Waals surface area contributed by atoms with Crippen molar-refractivity contribution >= 4 is 29.7 Å². The number of likely N-dealkylation sites (tertiary alicyclic amines) is 2. The van der Waals surface area contributed by atoms with Crippen molar-refractivity contribution in [2.75, 3.05) is 27.3 Å². The quantitative estimate of drug-likeness (QED) is 0.225. The fourth-order valence-electron chi connectivity index (χ4n) is 6.73. The molecule has 284 valence electrons. The van der Waals surface area contributed by atoms with Crippen LogP contribution in [0.4, 0.5) is 9.59 Å². The van der Waals surface area contributed by atoms with E-state index in [1.54, 1.807) is 22.2 Å². The first-order valence-corrected chi connectivity index (χ1v) is 18.1. The molecule has 3 N–H and O–H groups in total. The molecule has 4 amide bonds. The largest absolute Gasteiger partial charge is 0.453 e. The number of aliphatic imine (C=N–C) groups is 1. The number of carbonyl (C=O) groups is 4. The fourth-order valence-corrected chi connectivity index (χ4v) is 6.73. The number of rotatable bonds is 7. The Kier molecular flexibility index (Phi) is 12.6. The van der Waals surface area contributed by atoms with Crippen molar-refractivity contribution in [3.63, 3.8) is 0 Å². The predicted molar refractivity (Wildman–Crippen MR) is 201 cm³/mol. The number of H-pyrrole nitrogens is 2. The summed E-state index contributed by atoms with van der Waals surface area (Å²) in [4.78, 5) is 73.9. The summed E-state index contributed by atoms with van der Waals surface area (Å²) in [6.45, 7) is 12.6. The van der Waals surface area contributed by atoms with E-state index in [2.05, 4.69) is 72.5 Å². The molecule has 54 heavy (non-hydrogen) atoms. The van der Waals surface area contributed by atoms with Crippen molar-refractivity contribution in [2.45, 2.75) is 72.5 Å². The first-order valence-electron chi connectivity index (χ1n) is 18.1. The number of amides is 4. The van der Waals surface area contributed by atoms with Crippen LogP contribution in [0, 0.1) is 47.4 Å². The first-order chi connectivity index (χ1) is 25.8. The van der Waals surface area contributed by atoms with Gasteiger partial charge in [-0.1, -0.05) is 53.4 Å². The van der Waals surface area contributed by atoms with Crippen LogP contribution >= 0.6 is 0 Å². The molecule has 0 saturated carbocycles. The summed E-state index contributed by atoms with van der Waals surface area (Å²) in [5.41, 5.74) is 2.96. The Hall–Kier alpha value is -5.89. The topological polar surface area (TPSA) is 175 Å². The van der Waals surface area contributed by atoms with E-state index in [1.165, 1.54) is 14.2 Å². The number of methoxy groups -OCH3 is 2. The van der Waals surface area contributed by atoms with E-state index in [0.29, 0.717) is 42.5 Å². The van der Waals surface area contributed by atoms with Gasteiger partial charge in [0, 0.05) is 30.1 Å². The van der Waals surface area contributed by atoms with Crippen molar-refractivity contribution in [3.8, 4) is 23.7 Å². The Labute approximate surface area is 315 Å². The second-order valence-corrected chi connectivity index (χ2v) is 14.6. The van der Waals surface area contributed by atoms with Crippen LogP contribution in [-0.2, 0) is 19.1 Å². The second kappa shape index (κ2) is 17.3. The number of hydrogen-bond donors (Lipinski definition) is 3. The SMILES string of the molecule is COC(=O)/N=C(/C(=O)N1C[C@H](C)C[C@H]1c1ncc(C#Cc2ccc(C#Cc3cnc([C@@H]4CC(C)CN4C(=O)[C@@H](NC(=O)OC)C(C)C)[nH]3)cc2)[nH]1)C(C)C. The molecule has 0 bridgehead atoms. The van der Waals surface area contributed by atoms with Crippen LogP contribution in [0.15, 0.2) is 41.7 Å². The second-order valence-electron chi connectivity index (χ2n) is 14.6. The molecule has 14 nitrogen and oxygen atoms in total. The number of aromatic nitrogens is 4. The van der Waals surface area contributed by atoms with Crippen LogP contribution in [0.3, 0.4) is 0 Å². The van der Waals surface area contributed by atoms with Crippen molar-refractivity contribution in [1.82, 2.24) is 35.1 Å². The Morgan fingerprint density at radius 1 is 0.796 bits per heavy atom. The van der Waals surface area contributed by atoms with Crippen LogP contribution in [0.5, 0.6) is 0 Å². The molecule has 2 aromatic heterocycles. The molecule has 14 heteroatoms. The molecular formula is C40H48N8O6. The van der Waals surface area contributed by atoms with Gasteiger partial charge in [-0.15, -0.1) is 0 Å². The number of nitrogens with zero attached hydrogens (tertiary/aromatic N) is 5. The van der Waals surface area contributed by atoms with Crippen LogP contribution < -0.4 is 5.32 Å². The number of hydrogen-bond acceptors (Lipinski definition) is 8. The molecular weight excluding hydrogens is 688 g/mol. The van der Waals surface area contributed by atoms with Gasteiger partial charge in [0.15, 0.2) is 0 Å². The first kappa shape index (κ1) is 39.3. The van der Waals surface area contributed by atoms with Crippen molar-refractivity contribution in [3.05, 3.63) is 70.8 Å². The third-order valence-electron chi connectivity index (χ3n) is 9.50. The maximum atomic E-state index is 13.6. The smallest absolute Gasteiger partial charge is 0.433 e. The van der Waals surface area contributed by atoms with E-state index < -0.39 is 18.2 Å². The summed E-state index contributed by atoms with van der Waals surface area (Å²) in [5.74, 6) is 13.5. The maximum Gasteiger partial charge on any atom is 0.433 e. The van der Waals surface area contributed by atoms with Gasteiger partial charge in [0.25, 0.3) is 5.91 Å². The average Bonchev–Trinajstić information content (AvgIpc) is 3.97. The molecule has 5 rings (SSSR count). The molecule has 0 radical (unpaired) electrons. The van der Waals surface area contributed by atoms with E-state index in [0.717, 1.165) is 17.5 Å². The number of aromatic amines is 2. The zero-order valence-electron chi connectivity index (χ0n) is 32.0. The maximum absolute atomic E-state index is 13.6. The Bertz CT molecular complexity index is 2010. The molecule has 0 aliphatic carbocycles. The molecule has 2 saturated heterocycles. The predicted octanol–water partition coefficient (Wildman–Crippen LogP) is 5.00. The number of nitrogens with one attached hydrogen (secondary N) is 3. The van der Waals surface area contributed by atoms with Gasteiger partial charge in [0.2, 0.25) is 5.91 Å². The highest BCUT2D eigenvalue weighted by atomic mass is 16.5.